The number of nitrogens with zero attached hydrogens (tertiary/aromatic N) is 4. The minimum absolute atomic E-state index is 0.601. The number of methoxy groups -OCH3 is 3. The Morgan fingerprint density at radius 1 is 0.806 bits per heavy atom. The van der Waals surface area contributed by atoms with Gasteiger partial charge in [-0.3, -0.25) is 0 Å². The van der Waals surface area contributed by atoms with Crippen LogP contribution in [0, 0.1) is 0 Å². The quantitative estimate of drug-likeness (QED) is 0.381. The minimum Gasteiger partial charge on any atom is -0.497 e. The highest BCUT2D eigenvalue weighted by Gasteiger charge is 2.16. The van der Waals surface area contributed by atoms with Gasteiger partial charge in [0.05, 0.1) is 31.5 Å². The fourth-order valence-corrected chi connectivity index (χ4v) is 3.59. The van der Waals surface area contributed by atoms with Crippen molar-refractivity contribution in [2.75, 3.05) is 52.5 Å². The van der Waals surface area contributed by atoms with Crippen molar-refractivity contribution >= 4 is 27.6 Å². The van der Waals surface area contributed by atoms with Crippen LogP contribution < -0.4 is 9.64 Å². The molecule has 0 saturated heterocycles. The first kappa shape index (κ1) is 21.0. The van der Waals surface area contributed by atoms with Crippen LogP contribution in [0.5, 0.6) is 5.75 Å². The average molecular weight is 418 g/mol. The molecule has 0 bridgehead atoms. The maximum Gasteiger partial charge on any atom is 0.137 e. The number of pyridine rings is 1. The van der Waals surface area contributed by atoms with Crippen molar-refractivity contribution in [1.29, 1.82) is 0 Å². The van der Waals surface area contributed by atoms with Crippen molar-refractivity contribution in [3.8, 4) is 17.0 Å². The second-order valence-electron chi connectivity index (χ2n) is 7.15. The zero-order valence-corrected chi connectivity index (χ0v) is 18.0. The number of fused-ring (bicyclic) bond motifs is 3. The number of hydrogen-bond acceptors (Lipinski definition) is 7. The van der Waals surface area contributed by atoms with Crippen LogP contribution >= 0.6 is 0 Å². The molecule has 0 aliphatic rings. The highest BCUT2D eigenvalue weighted by molar-refractivity contribution is 6.08. The predicted molar refractivity (Wildman–Crippen MR) is 123 cm³/mol. The lowest BCUT2D eigenvalue weighted by atomic mass is 10.1. The summed E-state index contributed by atoms with van der Waals surface area (Å²) in [5.41, 5.74) is 3.32. The van der Waals surface area contributed by atoms with E-state index in [9.17, 15) is 0 Å². The average Bonchev–Trinajstić information content (AvgIpc) is 2.83. The Morgan fingerprint density at radius 2 is 1.48 bits per heavy atom. The van der Waals surface area contributed by atoms with Crippen molar-refractivity contribution in [1.82, 2.24) is 15.2 Å². The first-order valence-corrected chi connectivity index (χ1v) is 10.2. The highest BCUT2D eigenvalue weighted by Crippen LogP contribution is 2.31. The molecule has 0 spiro atoms. The topological polar surface area (TPSA) is 69.6 Å². The highest BCUT2D eigenvalue weighted by atomic mass is 16.5. The SMILES string of the molecule is COCCN(CCOC)c1nc2cc(-c3ccc(OC)cc3)nnc2c2ccccc12. The first-order valence-electron chi connectivity index (χ1n) is 10.2. The molecule has 2 aromatic heterocycles. The molecule has 0 atom stereocenters. The third kappa shape index (κ3) is 4.42. The smallest absolute Gasteiger partial charge is 0.137 e. The van der Waals surface area contributed by atoms with E-state index < -0.39 is 0 Å². The summed E-state index contributed by atoms with van der Waals surface area (Å²) in [4.78, 5) is 7.21. The van der Waals surface area contributed by atoms with Crippen LogP contribution in [-0.2, 0) is 9.47 Å². The van der Waals surface area contributed by atoms with Crippen LogP contribution in [0.2, 0.25) is 0 Å². The van der Waals surface area contributed by atoms with Crippen LogP contribution in [0.4, 0.5) is 5.82 Å². The molecule has 0 amide bonds. The molecule has 2 aromatic carbocycles. The number of anilines is 1. The van der Waals surface area contributed by atoms with Crippen LogP contribution in [0.3, 0.4) is 0 Å². The van der Waals surface area contributed by atoms with Gasteiger partial charge in [0, 0.05) is 43.6 Å². The molecule has 0 N–H and O–H groups in total. The van der Waals surface area contributed by atoms with Crippen LogP contribution in [0.25, 0.3) is 33.1 Å². The summed E-state index contributed by atoms with van der Waals surface area (Å²) in [5, 5.41) is 11.1. The third-order valence-corrected chi connectivity index (χ3v) is 5.24. The maximum atomic E-state index is 5.33. The molecule has 4 aromatic rings. The molecule has 2 heterocycles. The molecule has 160 valence electrons. The van der Waals surface area contributed by atoms with E-state index in [2.05, 4.69) is 27.2 Å². The molecule has 0 saturated carbocycles. The summed E-state index contributed by atoms with van der Waals surface area (Å²) in [7, 11) is 5.06. The van der Waals surface area contributed by atoms with Gasteiger partial charge >= 0.3 is 0 Å². The van der Waals surface area contributed by atoms with Gasteiger partial charge in [0.2, 0.25) is 0 Å². The van der Waals surface area contributed by atoms with Crippen molar-refractivity contribution in [3.63, 3.8) is 0 Å². The lowest BCUT2D eigenvalue weighted by Gasteiger charge is -2.25. The Balaban J connectivity index is 1.85. The second-order valence-corrected chi connectivity index (χ2v) is 7.15. The molecule has 0 unspecified atom stereocenters. The van der Waals surface area contributed by atoms with Gasteiger partial charge < -0.3 is 19.1 Å². The van der Waals surface area contributed by atoms with Gasteiger partial charge in [0.25, 0.3) is 0 Å². The number of aromatic nitrogens is 3. The van der Waals surface area contributed by atoms with Crippen molar-refractivity contribution in [2.45, 2.75) is 0 Å². The van der Waals surface area contributed by atoms with E-state index >= 15 is 0 Å². The molecule has 7 nitrogen and oxygen atoms in total. The zero-order valence-electron chi connectivity index (χ0n) is 18.0. The Bertz CT molecular complexity index is 1160. The number of ether oxygens (including phenoxy) is 3. The fraction of sp³-hybridized carbons (Fsp3) is 0.292. The van der Waals surface area contributed by atoms with Gasteiger partial charge in [-0.05, 0) is 30.3 Å². The molecule has 4 rings (SSSR count). The first-order chi connectivity index (χ1) is 15.2. The predicted octanol–water partition coefficient (Wildman–Crippen LogP) is 3.95. The van der Waals surface area contributed by atoms with Gasteiger partial charge in [0.1, 0.15) is 17.1 Å². The van der Waals surface area contributed by atoms with Gasteiger partial charge in [-0.1, -0.05) is 24.3 Å². The van der Waals surface area contributed by atoms with E-state index in [-0.39, 0.29) is 0 Å². The van der Waals surface area contributed by atoms with E-state index in [0.29, 0.717) is 26.3 Å². The summed E-state index contributed by atoms with van der Waals surface area (Å²) in [5.74, 6) is 1.70. The van der Waals surface area contributed by atoms with Gasteiger partial charge in [-0.15, -0.1) is 10.2 Å². The summed E-state index contributed by atoms with van der Waals surface area (Å²) < 4.78 is 15.9. The summed E-state index contributed by atoms with van der Waals surface area (Å²) in [6.07, 6.45) is 0. The summed E-state index contributed by atoms with van der Waals surface area (Å²) in [6, 6.07) is 17.9. The van der Waals surface area contributed by atoms with Crippen molar-refractivity contribution in [2.24, 2.45) is 0 Å². The minimum atomic E-state index is 0.601. The van der Waals surface area contributed by atoms with Crippen molar-refractivity contribution in [3.05, 3.63) is 54.6 Å². The molecule has 0 fully saturated rings. The van der Waals surface area contributed by atoms with Crippen LogP contribution in [0.1, 0.15) is 0 Å². The molecule has 7 heteroatoms. The Kier molecular flexibility index (Phi) is 6.54. The normalized spacial score (nSPS) is 11.2. The largest absolute Gasteiger partial charge is 0.497 e. The summed E-state index contributed by atoms with van der Waals surface area (Å²) >= 11 is 0. The maximum absolute atomic E-state index is 5.33. The lowest BCUT2D eigenvalue weighted by molar-refractivity contribution is 0.190. The molecule has 0 aliphatic carbocycles. The number of hydrogen-bond donors (Lipinski definition) is 0. The second kappa shape index (κ2) is 9.68. The van der Waals surface area contributed by atoms with E-state index in [1.807, 2.05) is 42.5 Å². The van der Waals surface area contributed by atoms with Gasteiger partial charge in [0.15, 0.2) is 0 Å². The number of rotatable bonds is 9. The lowest BCUT2D eigenvalue weighted by Crippen LogP contribution is -2.31. The molecule has 0 aliphatic heterocycles. The molecular formula is C24H26N4O3. The van der Waals surface area contributed by atoms with E-state index in [1.54, 1.807) is 21.3 Å². The van der Waals surface area contributed by atoms with E-state index in [0.717, 1.165) is 44.6 Å². The zero-order chi connectivity index (χ0) is 21.6. The Morgan fingerprint density at radius 3 is 2.13 bits per heavy atom. The van der Waals surface area contributed by atoms with Crippen LogP contribution in [-0.4, -0.2) is 62.8 Å². The van der Waals surface area contributed by atoms with E-state index in [1.165, 1.54) is 0 Å². The number of benzene rings is 2. The summed E-state index contributed by atoms with van der Waals surface area (Å²) in [6.45, 7) is 2.63. The molecule has 0 radical (unpaired) electrons. The fourth-order valence-electron chi connectivity index (χ4n) is 3.59. The molecular weight excluding hydrogens is 392 g/mol. The third-order valence-electron chi connectivity index (χ3n) is 5.24. The van der Waals surface area contributed by atoms with E-state index in [4.69, 9.17) is 19.2 Å². The Labute approximate surface area is 181 Å². The molecule has 31 heavy (non-hydrogen) atoms. The standard InChI is InChI=1S/C24H26N4O3/c1-29-14-12-28(13-15-30-2)24-20-7-5-4-6-19(20)23-22(25-24)16-21(26-27-23)17-8-10-18(31-3)11-9-17/h4-11,16H,12-15H2,1-3H3. The van der Waals surface area contributed by atoms with Gasteiger partial charge in [-0.25, -0.2) is 4.98 Å². The Hall–Kier alpha value is -3.29. The monoisotopic (exact) mass is 418 g/mol. The van der Waals surface area contributed by atoms with Crippen molar-refractivity contribution < 1.29 is 14.2 Å². The van der Waals surface area contributed by atoms with Gasteiger partial charge in [-0.2, -0.15) is 0 Å². The van der Waals surface area contributed by atoms with Crippen LogP contribution in [0.15, 0.2) is 54.6 Å².